The molecule has 2 heterocycles. The zero-order valence-corrected chi connectivity index (χ0v) is 11.2. The molecule has 1 N–H and O–H groups in total. The number of rotatable bonds is 6. The van der Waals surface area contributed by atoms with Crippen molar-refractivity contribution in [3.63, 3.8) is 0 Å². The Morgan fingerprint density at radius 3 is 2.94 bits per heavy atom. The van der Waals surface area contributed by atoms with Crippen LogP contribution in [0.5, 0.6) is 0 Å². The molecule has 0 aromatic carbocycles. The SMILES string of the molecule is CCCOCc1nc(C(C)N2CCNCC2)no1. The first-order chi connectivity index (χ1) is 8.81. The first-order valence-corrected chi connectivity index (χ1v) is 6.66. The summed E-state index contributed by atoms with van der Waals surface area (Å²) >= 11 is 0. The smallest absolute Gasteiger partial charge is 0.252 e. The van der Waals surface area contributed by atoms with Crippen molar-refractivity contribution < 1.29 is 9.26 Å². The molecule has 1 unspecified atom stereocenters. The van der Waals surface area contributed by atoms with Crippen molar-refractivity contribution in [2.75, 3.05) is 32.8 Å². The third-order valence-electron chi connectivity index (χ3n) is 3.13. The maximum atomic E-state index is 5.39. The highest BCUT2D eigenvalue weighted by atomic mass is 16.5. The van der Waals surface area contributed by atoms with Gasteiger partial charge in [-0.2, -0.15) is 4.98 Å². The van der Waals surface area contributed by atoms with E-state index in [1.165, 1.54) is 0 Å². The molecular formula is C12H22N4O2. The lowest BCUT2D eigenvalue weighted by Crippen LogP contribution is -2.44. The number of piperazine rings is 1. The first-order valence-electron chi connectivity index (χ1n) is 6.66. The maximum absolute atomic E-state index is 5.39. The number of aromatic nitrogens is 2. The topological polar surface area (TPSA) is 63.4 Å². The van der Waals surface area contributed by atoms with E-state index in [-0.39, 0.29) is 6.04 Å². The van der Waals surface area contributed by atoms with E-state index in [2.05, 4.69) is 34.2 Å². The predicted molar refractivity (Wildman–Crippen MR) is 67.1 cm³/mol. The molecule has 1 atom stereocenters. The van der Waals surface area contributed by atoms with Crippen molar-refractivity contribution in [1.82, 2.24) is 20.4 Å². The third kappa shape index (κ3) is 3.51. The molecule has 0 spiro atoms. The summed E-state index contributed by atoms with van der Waals surface area (Å²) in [6, 6.07) is 0.204. The van der Waals surface area contributed by atoms with E-state index in [1.807, 2.05) is 0 Å². The number of nitrogens with zero attached hydrogens (tertiary/aromatic N) is 3. The van der Waals surface area contributed by atoms with Crippen molar-refractivity contribution >= 4 is 0 Å². The molecule has 1 fully saturated rings. The largest absolute Gasteiger partial charge is 0.372 e. The molecule has 102 valence electrons. The fourth-order valence-electron chi connectivity index (χ4n) is 2.03. The fourth-order valence-corrected chi connectivity index (χ4v) is 2.03. The fraction of sp³-hybridized carbons (Fsp3) is 0.833. The van der Waals surface area contributed by atoms with Gasteiger partial charge in [-0.25, -0.2) is 0 Å². The Balaban J connectivity index is 1.87. The van der Waals surface area contributed by atoms with Crippen LogP contribution in [0.1, 0.15) is 38.0 Å². The van der Waals surface area contributed by atoms with Gasteiger partial charge in [0, 0.05) is 32.8 Å². The van der Waals surface area contributed by atoms with Gasteiger partial charge in [-0.3, -0.25) is 4.90 Å². The zero-order chi connectivity index (χ0) is 12.8. The lowest BCUT2D eigenvalue weighted by atomic mass is 10.2. The van der Waals surface area contributed by atoms with Crippen molar-refractivity contribution in [2.45, 2.75) is 32.9 Å². The van der Waals surface area contributed by atoms with Crippen LogP contribution in [0, 0.1) is 0 Å². The van der Waals surface area contributed by atoms with Crippen molar-refractivity contribution in [3.05, 3.63) is 11.7 Å². The van der Waals surface area contributed by atoms with E-state index < -0.39 is 0 Å². The standard InChI is InChI=1S/C12H22N4O2/c1-3-8-17-9-11-14-12(15-18-11)10(2)16-6-4-13-5-7-16/h10,13H,3-9H2,1-2H3. The van der Waals surface area contributed by atoms with Crippen LogP contribution in [0.15, 0.2) is 4.52 Å². The van der Waals surface area contributed by atoms with E-state index >= 15 is 0 Å². The third-order valence-corrected chi connectivity index (χ3v) is 3.13. The van der Waals surface area contributed by atoms with Gasteiger partial charge < -0.3 is 14.6 Å². The minimum Gasteiger partial charge on any atom is -0.372 e. The van der Waals surface area contributed by atoms with Gasteiger partial charge >= 0.3 is 0 Å². The lowest BCUT2D eigenvalue weighted by Gasteiger charge is -2.30. The highest BCUT2D eigenvalue weighted by molar-refractivity contribution is 4.93. The van der Waals surface area contributed by atoms with Gasteiger partial charge in [0.05, 0.1) is 6.04 Å². The Bertz CT molecular complexity index is 350. The monoisotopic (exact) mass is 254 g/mol. The Morgan fingerprint density at radius 1 is 1.44 bits per heavy atom. The summed E-state index contributed by atoms with van der Waals surface area (Å²) in [5.74, 6) is 1.33. The molecule has 0 amide bonds. The van der Waals surface area contributed by atoms with Crippen LogP contribution in [-0.4, -0.2) is 47.8 Å². The quantitative estimate of drug-likeness (QED) is 0.763. The van der Waals surface area contributed by atoms with Gasteiger partial charge in [-0.1, -0.05) is 12.1 Å². The van der Waals surface area contributed by atoms with Gasteiger partial charge in [0.1, 0.15) is 6.61 Å². The number of hydrogen-bond acceptors (Lipinski definition) is 6. The molecule has 2 rings (SSSR count). The molecular weight excluding hydrogens is 232 g/mol. The molecule has 18 heavy (non-hydrogen) atoms. The van der Waals surface area contributed by atoms with Crippen molar-refractivity contribution in [2.24, 2.45) is 0 Å². The number of ether oxygens (including phenoxy) is 1. The van der Waals surface area contributed by atoms with Gasteiger partial charge in [0.2, 0.25) is 0 Å². The summed E-state index contributed by atoms with van der Waals surface area (Å²) in [7, 11) is 0. The summed E-state index contributed by atoms with van der Waals surface area (Å²) in [5.41, 5.74) is 0. The van der Waals surface area contributed by atoms with E-state index in [1.54, 1.807) is 0 Å². The lowest BCUT2D eigenvalue weighted by molar-refractivity contribution is 0.0981. The van der Waals surface area contributed by atoms with Crippen molar-refractivity contribution in [3.8, 4) is 0 Å². The normalized spacial score (nSPS) is 19.0. The number of hydrogen-bond donors (Lipinski definition) is 1. The Morgan fingerprint density at radius 2 is 2.22 bits per heavy atom. The van der Waals surface area contributed by atoms with E-state index in [9.17, 15) is 0 Å². The maximum Gasteiger partial charge on any atom is 0.252 e. The van der Waals surface area contributed by atoms with E-state index in [0.29, 0.717) is 12.5 Å². The molecule has 6 heteroatoms. The van der Waals surface area contributed by atoms with Crippen molar-refractivity contribution in [1.29, 1.82) is 0 Å². The van der Waals surface area contributed by atoms with Gasteiger partial charge in [-0.05, 0) is 13.3 Å². The molecule has 0 bridgehead atoms. The molecule has 1 aromatic heterocycles. The van der Waals surface area contributed by atoms with Gasteiger partial charge in [-0.15, -0.1) is 0 Å². The summed E-state index contributed by atoms with van der Waals surface area (Å²) in [5, 5.41) is 7.38. The van der Waals surface area contributed by atoms with Crippen LogP contribution in [0.3, 0.4) is 0 Å². The van der Waals surface area contributed by atoms with Gasteiger partial charge in [0.15, 0.2) is 5.82 Å². The molecule has 1 aliphatic heterocycles. The second kappa shape index (κ2) is 6.82. The molecule has 1 saturated heterocycles. The number of nitrogens with one attached hydrogen (secondary N) is 1. The first kappa shape index (κ1) is 13.5. The second-order valence-corrected chi connectivity index (χ2v) is 4.56. The van der Waals surface area contributed by atoms with Gasteiger partial charge in [0.25, 0.3) is 5.89 Å². The Hall–Kier alpha value is -0.980. The Labute approximate surface area is 108 Å². The van der Waals surface area contributed by atoms with Crippen LogP contribution < -0.4 is 5.32 Å². The molecule has 0 aliphatic carbocycles. The zero-order valence-electron chi connectivity index (χ0n) is 11.2. The highest BCUT2D eigenvalue weighted by Crippen LogP contribution is 2.17. The predicted octanol–water partition coefficient (Wildman–Crippen LogP) is 0.962. The average Bonchev–Trinajstić information content (AvgIpc) is 2.88. The van der Waals surface area contributed by atoms with E-state index in [0.717, 1.165) is 45.0 Å². The average molecular weight is 254 g/mol. The molecule has 0 saturated carbocycles. The molecule has 0 radical (unpaired) electrons. The molecule has 6 nitrogen and oxygen atoms in total. The Kier molecular flexibility index (Phi) is 5.10. The minimum atomic E-state index is 0.204. The highest BCUT2D eigenvalue weighted by Gasteiger charge is 2.22. The molecule has 1 aliphatic rings. The molecule has 1 aromatic rings. The summed E-state index contributed by atoms with van der Waals surface area (Å²) < 4.78 is 10.6. The second-order valence-electron chi connectivity index (χ2n) is 4.56. The summed E-state index contributed by atoms with van der Waals surface area (Å²) in [6.07, 6.45) is 0.998. The summed E-state index contributed by atoms with van der Waals surface area (Å²) in [6.45, 7) is 9.43. The van der Waals surface area contributed by atoms with Crippen LogP contribution >= 0.6 is 0 Å². The van der Waals surface area contributed by atoms with Crippen LogP contribution in [-0.2, 0) is 11.3 Å². The van der Waals surface area contributed by atoms with Crippen LogP contribution in [0.4, 0.5) is 0 Å². The minimum absolute atomic E-state index is 0.204. The van der Waals surface area contributed by atoms with Crippen LogP contribution in [0.25, 0.3) is 0 Å². The van der Waals surface area contributed by atoms with Crippen LogP contribution in [0.2, 0.25) is 0 Å². The van der Waals surface area contributed by atoms with E-state index in [4.69, 9.17) is 9.26 Å². The summed E-state index contributed by atoms with van der Waals surface area (Å²) in [4.78, 5) is 6.75.